The maximum Gasteiger partial charge on any atom is 0.278 e. The van der Waals surface area contributed by atoms with Crippen LogP contribution in [0.25, 0.3) is 16.8 Å². The average molecular weight is 230 g/mol. The zero-order chi connectivity index (χ0) is 12.3. The number of pyridine rings is 1. The largest absolute Gasteiger partial charge is 0.392 e. The number of aromatic nitrogens is 1. The first-order valence-electron chi connectivity index (χ1n) is 5.02. The zero-order valence-corrected chi connectivity index (χ0v) is 8.91. The van der Waals surface area contributed by atoms with Gasteiger partial charge in [-0.1, -0.05) is 12.2 Å². The van der Waals surface area contributed by atoms with Crippen LogP contribution in [0.1, 0.15) is 5.56 Å². The van der Waals surface area contributed by atoms with Crippen LogP contribution in [0.2, 0.25) is 0 Å². The Morgan fingerprint density at radius 2 is 2.18 bits per heavy atom. The van der Waals surface area contributed by atoms with Crippen molar-refractivity contribution in [2.24, 2.45) is 0 Å². The van der Waals surface area contributed by atoms with Gasteiger partial charge in [0.25, 0.3) is 5.69 Å². The second kappa shape index (κ2) is 4.71. The van der Waals surface area contributed by atoms with Gasteiger partial charge >= 0.3 is 0 Å². The van der Waals surface area contributed by atoms with Crippen molar-refractivity contribution >= 4 is 22.5 Å². The fourth-order valence-corrected chi connectivity index (χ4v) is 1.68. The molecule has 0 radical (unpaired) electrons. The second-order valence-electron chi connectivity index (χ2n) is 3.44. The molecular formula is C12H10N2O3. The molecule has 0 atom stereocenters. The first-order chi connectivity index (χ1) is 8.24. The van der Waals surface area contributed by atoms with Crippen LogP contribution in [0.4, 0.5) is 5.69 Å². The minimum absolute atomic E-state index is 0.0363. The Balaban J connectivity index is 2.70. The molecule has 0 amide bonds. The first-order valence-corrected chi connectivity index (χ1v) is 5.02. The normalized spacial score (nSPS) is 11.1. The van der Waals surface area contributed by atoms with Gasteiger partial charge in [-0.25, -0.2) is 0 Å². The minimum Gasteiger partial charge on any atom is -0.392 e. The summed E-state index contributed by atoms with van der Waals surface area (Å²) in [6, 6.07) is 4.83. The molecular weight excluding hydrogens is 220 g/mol. The fraction of sp³-hybridized carbons (Fsp3) is 0.0833. The molecule has 0 aliphatic rings. The Bertz CT molecular complexity index is 593. The van der Waals surface area contributed by atoms with Crippen molar-refractivity contribution in [1.82, 2.24) is 4.98 Å². The first kappa shape index (κ1) is 11.2. The summed E-state index contributed by atoms with van der Waals surface area (Å²) in [7, 11) is 0. The lowest BCUT2D eigenvalue weighted by Crippen LogP contribution is -1.91. The summed E-state index contributed by atoms with van der Waals surface area (Å²) in [5.41, 5.74) is 0.858. The molecule has 0 unspecified atom stereocenters. The summed E-state index contributed by atoms with van der Waals surface area (Å²) >= 11 is 0. The van der Waals surface area contributed by atoms with Crippen molar-refractivity contribution in [2.75, 3.05) is 6.61 Å². The molecule has 86 valence electrons. The maximum atomic E-state index is 10.9. The van der Waals surface area contributed by atoms with Gasteiger partial charge in [0.15, 0.2) is 0 Å². The second-order valence-corrected chi connectivity index (χ2v) is 3.44. The van der Waals surface area contributed by atoms with E-state index >= 15 is 0 Å². The van der Waals surface area contributed by atoms with Gasteiger partial charge in [-0.3, -0.25) is 15.1 Å². The Morgan fingerprint density at radius 1 is 1.35 bits per heavy atom. The van der Waals surface area contributed by atoms with Crippen LogP contribution in [0.3, 0.4) is 0 Å². The Labute approximate surface area is 97.2 Å². The van der Waals surface area contributed by atoms with Crippen LogP contribution in [-0.4, -0.2) is 21.6 Å². The lowest BCUT2D eigenvalue weighted by atomic mass is 10.0. The number of nitrogens with zero attached hydrogens (tertiary/aromatic N) is 2. The van der Waals surface area contributed by atoms with E-state index < -0.39 is 4.92 Å². The molecule has 1 aromatic heterocycles. The minimum atomic E-state index is -0.427. The standard InChI is InChI=1S/C12H10N2O3/c15-7-1-2-9-3-4-12(14(16)17)11-8-13-6-5-10(9)11/h1-6,8,15H,7H2. The topological polar surface area (TPSA) is 76.3 Å². The third-order valence-corrected chi connectivity index (χ3v) is 2.43. The van der Waals surface area contributed by atoms with Gasteiger partial charge < -0.3 is 5.11 Å². The Kier molecular flexibility index (Phi) is 3.11. The van der Waals surface area contributed by atoms with E-state index in [1.165, 1.54) is 12.3 Å². The Hall–Kier alpha value is -2.27. The van der Waals surface area contributed by atoms with E-state index in [1.807, 2.05) is 0 Å². The molecule has 0 aliphatic heterocycles. The molecule has 1 N–H and O–H groups in total. The van der Waals surface area contributed by atoms with E-state index in [1.54, 1.807) is 30.5 Å². The molecule has 5 heteroatoms. The van der Waals surface area contributed by atoms with Crippen molar-refractivity contribution in [3.63, 3.8) is 0 Å². The number of fused-ring (bicyclic) bond motifs is 1. The highest BCUT2D eigenvalue weighted by Gasteiger charge is 2.12. The van der Waals surface area contributed by atoms with E-state index in [4.69, 9.17) is 5.11 Å². The molecule has 0 bridgehead atoms. The summed E-state index contributed by atoms with van der Waals surface area (Å²) in [5.74, 6) is 0. The number of non-ortho nitro benzene ring substituents is 1. The summed E-state index contributed by atoms with van der Waals surface area (Å²) < 4.78 is 0. The SMILES string of the molecule is O=[N+]([O-])c1ccc(C=CCO)c2ccncc12. The molecule has 2 rings (SSSR count). The summed E-state index contributed by atoms with van der Waals surface area (Å²) in [5, 5.41) is 20.8. The number of aliphatic hydroxyl groups excluding tert-OH is 1. The molecule has 1 aromatic carbocycles. The summed E-state index contributed by atoms with van der Waals surface area (Å²) in [6.07, 6.45) is 6.37. The highest BCUT2D eigenvalue weighted by atomic mass is 16.6. The number of aliphatic hydroxyl groups is 1. The van der Waals surface area contributed by atoms with Crippen LogP contribution < -0.4 is 0 Å². The third kappa shape index (κ3) is 2.14. The molecule has 0 spiro atoms. The van der Waals surface area contributed by atoms with Crippen LogP contribution >= 0.6 is 0 Å². The number of hydrogen-bond donors (Lipinski definition) is 1. The number of hydrogen-bond acceptors (Lipinski definition) is 4. The monoisotopic (exact) mass is 230 g/mol. The molecule has 2 aromatic rings. The van der Waals surface area contributed by atoms with Crippen LogP contribution in [0.15, 0.2) is 36.7 Å². The van der Waals surface area contributed by atoms with Gasteiger partial charge in [-0.2, -0.15) is 0 Å². The molecule has 0 fully saturated rings. The molecule has 1 heterocycles. The van der Waals surface area contributed by atoms with E-state index in [9.17, 15) is 10.1 Å². The van der Waals surface area contributed by atoms with Gasteiger partial charge in [-0.05, 0) is 23.1 Å². The van der Waals surface area contributed by atoms with E-state index in [2.05, 4.69) is 4.98 Å². The van der Waals surface area contributed by atoms with Gasteiger partial charge in [0, 0.05) is 18.5 Å². The van der Waals surface area contributed by atoms with E-state index in [0.29, 0.717) is 5.39 Å². The summed E-state index contributed by atoms with van der Waals surface area (Å²) in [6.45, 7) is -0.0659. The van der Waals surface area contributed by atoms with Crippen molar-refractivity contribution in [3.8, 4) is 0 Å². The predicted octanol–water partition coefficient (Wildman–Crippen LogP) is 2.15. The molecule has 5 nitrogen and oxygen atoms in total. The highest BCUT2D eigenvalue weighted by Crippen LogP contribution is 2.28. The van der Waals surface area contributed by atoms with E-state index in [0.717, 1.165) is 10.9 Å². The van der Waals surface area contributed by atoms with Gasteiger partial charge in [0.1, 0.15) is 0 Å². The molecule has 0 saturated carbocycles. The summed E-state index contributed by atoms with van der Waals surface area (Å²) in [4.78, 5) is 14.3. The fourth-order valence-electron chi connectivity index (χ4n) is 1.68. The zero-order valence-electron chi connectivity index (χ0n) is 8.91. The Morgan fingerprint density at radius 3 is 2.88 bits per heavy atom. The van der Waals surface area contributed by atoms with Gasteiger partial charge in [-0.15, -0.1) is 0 Å². The van der Waals surface area contributed by atoms with Crippen LogP contribution in [0.5, 0.6) is 0 Å². The predicted molar refractivity (Wildman–Crippen MR) is 64.5 cm³/mol. The number of benzene rings is 1. The van der Waals surface area contributed by atoms with Crippen LogP contribution in [-0.2, 0) is 0 Å². The smallest absolute Gasteiger partial charge is 0.278 e. The molecule has 17 heavy (non-hydrogen) atoms. The number of nitro benzene ring substituents is 1. The quantitative estimate of drug-likeness (QED) is 0.647. The van der Waals surface area contributed by atoms with Gasteiger partial charge in [0.05, 0.1) is 16.9 Å². The number of rotatable bonds is 3. The average Bonchev–Trinajstić information content (AvgIpc) is 2.35. The lowest BCUT2D eigenvalue weighted by molar-refractivity contribution is -0.383. The lowest BCUT2D eigenvalue weighted by Gasteiger charge is -2.02. The van der Waals surface area contributed by atoms with Gasteiger partial charge in [0.2, 0.25) is 0 Å². The van der Waals surface area contributed by atoms with E-state index in [-0.39, 0.29) is 12.3 Å². The van der Waals surface area contributed by atoms with Crippen molar-refractivity contribution in [1.29, 1.82) is 0 Å². The van der Waals surface area contributed by atoms with Crippen molar-refractivity contribution in [2.45, 2.75) is 0 Å². The maximum absolute atomic E-state index is 10.9. The molecule has 0 saturated heterocycles. The van der Waals surface area contributed by atoms with Crippen molar-refractivity contribution in [3.05, 3.63) is 52.3 Å². The van der Waals surface area contributed by atoms with Crippen LogP contribution in [0, 0.1) is 10.1 Å². The molecule has 0 aliphatic carbocycles. The van der Waals surface area contributed by atoms with Crippen molar-refractivity contribution < 1.29 is 10.0 Å². The third-order valence-electron chi connectivity index (χ3n) is 2.43. The number of nitro groups is 1. The highest BCUT2D eigenvalue weighted by molar-refractivity contribution is 5.96.